The third kappa shape index (κ3) is 8.15. The molecule has 0 aliphatic heterocycles. The second kappa shape index (κ2) is 11.4. The van der Waals surface area contributed by atoms with Crippen LogP contribution in [0, 0.1) is 11.8 Å². The van der Waals surface area contributed by atoms with Crippen LogP contribution in [0.2, 0.25) is 0 Å². The topological polar surface area (TPSA) is 12.0 Å². The van der Waals surface area contributed by atoms with Gasteiger partial charge in [-0.3, -0.25) is 0 Å². The van der Waals surface area contributed by atoms with Gasteiger partial charge in [-0.15, -0.1) is 0 Å². The highest BCUT2D eigenvalue weighted by Gasteiger charge is 2.12. The predicted octanol–water partition coefficient (Wildman–Crippen LogP) is 4.62. The van der Waals surface area contributed by atoms with E-state index in [0.29, 0.717) is 0 Å². The van der Waals surface area contributed by atoms with E-state index in [1.165, 1.54) is 58.0 Å². The maximum absolute atomic E-state index is 3.62. The van der Waals surface area contributed by atoms with E-state index in [-0.39, 0.29) is 0 Å². The van der Waals surface area contributed by atoms with Crippen LogP contribution in [0.1, 0.15) is 72.6 Å². The zero-order valence-electron chi connectivity index (χ0n) is 12.0. The quantitative estimate of drug-likeness (QED) is 0.653. The molecule has 1 atom stereocenters. The van der Waals surface area contributed by atoms with Crippen molar-refractivity contribution in [3.8, 4) is 0 Å². The number of nitrogens with one attached hydrogen (secondary N) is 1. The summed E-state index contributed by atoms with van der Waals surface area (Å²) in [7, 11) is 0. The van der Waals surface area contributed by atoms with Gasteiger partial charge in [0.15, 0.2) is 0 Å². The van der Waals surface area contributed by atoms with Gasteiger partial charge in [0.05, 0.1) is 0 Å². The van der Waals surface area contributed by atoms with Gasteiger partial charge in [-0.05, 0) is 44.2 Å². The van der Waals surface area contributed by atoms with Crippen molar-refractivity contribution < 1.29 is 0 Å². The lowest BCUT2D eigenvalue weighted by Gasteiger charge is -2.22. The Labute approximate surface area is 103 Å². The van der Waals surface area contributed by atoms with Crippen molar-refractivity contribution in [2.75, 3.05) is 13.1 Å². The summed E-state index contributed by atoms with van der Waals surface area (Å²) < 4.78 is 0. The second-order valence-electron chi connectivity index (χ2n) is 5.01. The molecule has 0 heterocycles. The van der Waals surface area contributed by atoms with Gasteiger partial charge in [-0.2, -0.15) is 0 Å². The minimum atomic E-state index is 0.897. The van der Waals surface area contributed by atoms with Crippen molar-refractivity contribution in [3.05, 3.63) is 0 Å². The van der Waals surface area contributed by atoms with E-state index in [1.807, 2.05) is 13.8 Å². The molecule has 1 unspecified atom stereocenters. The van der Waals surface area contributed by atoms with Gasteiger partial charge >= 0.3 is 0 Å². The molecule has 1 rings (SSSR count). The van der Waals surface area contributed by atoms with Gasteiger partial charge in [0.25, 0.3) is 0 Å². The first-order chi connectivity index (χ1) is 7.83. The maximum atomic E-state index is 3.62. The second-order valence-corrected chi connectivity index (χ2v) is 5.01. The van der Waals surface area contributed by atoms with Gasteiger partial charge in [0, 0.05) is 0 Å². The molecule has 0 amide bonds. The van der Waals surface area contributed by atoms with Crippen LogP contribution >= 0.6 is 0 Å². The fourth-order valence-electron chi connectivity index (χ4n) is 2.25. The molecule has 0 saturated heterocycles. The Bertz CT molecular complexity index is 127. The average molecular weight is 227 g/mol. The van der Waals surface area contributed by atoms with E-state index in [2.05, 4.69) is 19.2 Å². The molecule has 0 aromatic heterocycles. The summed E-state index contributed by atoms with van der Waals surface area (Å²) in [5.74, 6) is 1.88. The summed E-state index contributed by atoms with van der Waals surface area (Å²) in [6, 6.07) is 0. The highest BCUT2D eigenvalue weighted by atomic mass is 14.9. The van der Waals surface area contributed by atoms with Crippen LogP contribution < -0.4 is 5.32 Å². The van der Waals surface area contributed by atoms with Gasteiger partial charge in [-0.25, -0.2) is 0 Å². The Morgan fingerprint density at radius 2 is 1.75 bits per heavy atom. The van der Waals surface area contributed by atoms with Crippen molar-refractivity contribution in [2.45, 2.75) is 72.6 Å². The van der Waals surface area contributed by atoms with E-state index in [0.717, 1.165) is 11.8 Å². The highest BCUT2D eigenvalue weighted by molar-refractivity contribution is 4.68. The molecule has 98 valence electrons. The molecule has 0 aromatic rings. The van der Waals surface area contributed by atoms with Crippen molar-refractivity contribution in [1.82, 2.24) is 5.32 Å². The lowest BCUT2D eigenvalue weighted by molar-refractivity contribution is 0.337. The van der Waals surface area contributed by atoms with Crippen molar-refractivity contribution >= 4 is 0 Å². The monoisotopic (exact) mass is 227 g/mol. The first kappa shape index (κ1) is 16.0. The summed E-state index contributed by atoms with van der Waals surface area (Å²) in [6.45, 7) is 11.1. The molecular weight excluding hydrogens is 194 g/mol. The van der Waals surface area contributed by atoms with Crippen molar-refractivity contribution in [3.63, 3.8) is 0 Å². The first-order valence-electron chi connectivity index (χ1n) is 7.53. The Morgan fingerprint density at radius 3 is 2.31 bits per heavy atom. The molecule has 0 bridgehead atoms. The zero-order valence-corrected chi connectivity index (χ0v) is 12.0. The van der Waals surface area contributed by atoms with Crippen LogP contribution in [0.5, 0.6) is 0 Å². The standard InChI is InChI=1S/C13H27N.C2H6/c1-3-12(2)9-10-14-11-13-7-5-4-6-8-13;1-2/h12-14H,3-11H2,1-2H3;1-2H3. The normalized spacial score (nSPS) is 18.8. The van der Waals surface area contributed by atoms with Crippen LogP contribution in [-0.4, -0.2) is 13.1 Å². The van der Waals surface area contributed by atoms with Gasteiger partial charge < -0.3 is 5.32 Å². The summed E-state index contributed by atoms with van der Waals surface area (Å²) in [4.78, 5) is 0. The Balaban J connectivity index is 0.00000106. The van der Waals surface area contributed by atoms with Crippen LogP contribution in [0.15, 0.2) is 0 Å². The van der Waals surface area contributed by atoms with E-state index in [4.69, 9.17) is 0 Å². The van der Waals surface area contributed by atoms with E-state index in [1.54, 1.807) is 0 Å². The average Bonchev–Trinajstić information content (AvgIpc) is 2.38. The molecule has 0 aromatic carbocycles. The number of rotatable bonds is 6. The van der Waals surface area contributed by atoms with Crippen molar-refractivity contribution in [2.24, 2.45) is 11.8 Å². The Morgan fingerprint density at radius 1 is 1.12 bits per heavy atom. The lowest BCUT2D eigenvalue weighted by atomic mass is 9.89. The lowest BCUT2D eigenvalue weighted by Crippen LogP contribution is -2.26. The summed E-state index contributed by atoms with van der Waals surface area (Å²) in [5.41, 5.74) is 0. The first-order valence-corrected chi connectivity index (χ1v) is 7.53. The third-order valence-corrected chi connectivity index (χ3v) is 3.67. The fourth-order valence-corrected chi connectivity index (χ4v) is 2.25. The maximum Gasteiger partial charge on any atom is -0.00205 e. The fraction of sp³-hybridized carbons (Fsp3) is 1.00. The molecule has 16 heavy (non-hydrogen) atoms. The third-order valence-electron chi connectivity index (χ3n) is 3.67. The van der Waals surface area contributed by atoms with Crippen molar-refractivity contribution in [1.29, 1.82) is 0 Å². The molecule has 1 heteroatoms. The molecule has 1 aliphatic rings. The largest absolute Gasteiger partial charge is 0.316 e. The van der Waals surface area contributed by atoms with Crippen LogP contribution in [0.4, 0.5) is 0 Å². The molecule has 1 nitrogen and oxygen atoms in total. The summed E-state index contributed by atoms with van der Waals surface area (Å²) in [6.07, 6.45) is 10.0. The Hall–Kier alpha value is -0.0400. The van der Waals surface area contributed by atoms with Crippen LogP contribution in [0.3, 0.4) is 0 Å². The number of hydrogen-bond donors (Lipinski definition) is 1. The minimum absolute atomic E-state index is 0.897. The van der Waals surface area contributed by atoms with Crippen LogP contribution in [0.25, 0.3) is 0 Å². The molecule has 1 fully saturated rings. The molecule has 0 radical (unpaired) electrons. The van der Waals surface area contributed by atoms with E-state index in [9.17, 15) is 0 Å². The van der Waals surface area contributed by atoms with Gasteiger partial charge in [0.1, 0.15) is 0 Å². The SMILES string of the molecule is CC.CCC(C)CCNCC1CCCCC1. The molecular formula is C15H33N. The summed E-state index contributed by atoms with van der Waals surface area (Å²) >= 11 is 0. The predicted molar refractivity (Wildman–Crippen MR) is 74.9 cm³/mol. The van der Waals surface area contributed by atoms with E-state index < -0.39 is 0 Å². The highest BCUT2D eigenvalue weighted by Crippen LogP contribution is 2.22. The molecule has 1 N–H and O–H groups in total. The van der Waals surface area contributed by atoms with Gasteiger partial charge in [-0.1, -0.05) is 53.4 Å². The minimum Gasteiger partial charge on any atom is -0.316 e. The molecule has 1 aliphatic carbocycles. The zero-order chi connectivity index (χ0) is 12.2. The number of hydrogen-bond acceptors (Lipinski definition) is 1. The van der Waals surface area contributed by atoms with Gasteiger partial charge in [0.2, 0.25) is 0 Å². The Kier molecular flexibility index (Phi) is 11.4. The molecule has 1 saturated carbocycles. The molecule has 0 spiro atoms. The smallest absolute Gasteiger partial charge is 0.00205 e. The summed E-state index contributed by atoms with van der Waals surface area (Å²) in [5, 5.41) is 3.62. The van der Waals surface area contributed by atoms with E-state index >= 15 is 0 Å². The van der Waals surface area contributed by atoms with Crippen LogP contribution in [-0.2, 0) is 0 Å².